The zero-order valence-electron chi connectivity index (χ0n) is 13.0. The summed E-state index contributed by atoms with van der Waals surface area (Å²) in [5.74, 6) is 0.693. The van der Waals surface area contributed by atoms with Gasteiger partial charge in [-0.15, -0.1) is 0 Å². The predicted molar refractivity (Wildman–Crippen MR) is 79.0 cm³/mol. The Hall–Kier alpha value is -0.870. The van der Waals surface area contributed by atoms with Crippen LogP contribution in [0.25, 0.3) is 0 Å². The molecule has 2 N–H and O–H groups in total. The lowest BCUT2D eigenvalue weighted by Gasteiger charge is -2.43. The molecule has 1 saturated heterocycles. The first-order valence-corrected chi connectivity index (χ1v) is 7.43. The molecule has 0 aliphatic carbocycles. The normalized spacial score (nSPS) is 26.6. The van der Waals surface area contributed by atoms with Crippen LogP contribution in [0.1, 0.15) is 49.7 Å². The molecule has 1 aromatic rings. The number of aromatic nitrogens is 2. The Balaban J connectivity index is 2.29. The summed E-state index contributed by atoms with van der Waals surface area (Å²) in [6, 6.07) is 0.910. The smallest absolute Gasteiger partial charge is 0.0644 e. The summed E-state index contributed by atoms with van der Waals surface area (Å²) in [6.45, 7) is 10.8. The molecule has 0 amide bonds. The second-order valence-corrected chi connectivity index (χ2v) is 6.04. The summed E-state index contributed by atoms with van der Waals surface area (Å²) in [7, 11) is 2.03. The SMILES string of the molecule is Cc1nn(C)c(C)c1C(C)N1CCCC(C)C1CN. The van der Waals surface area contributed by atoms with Gasteiger partial charge in [0.05, 0.1) is 5.69 Å². The lowest BCUT2D eigenvalue weighted by Crippen LogP contribution is -2.49. The largest absolute Gasteiger partial charge is 0.329 e. The Morgan fingerprint density at radius 2 is 2.11 bits per heavy atom. The Bertz CT molecular complexity index is 438. The molecular weight excluding hydrogens is 236 g/mol. The summed E-state index contributed by atoms with van der Waals surface area (Å²) in [4.78, 5) is 2.59. The molecule has 1 aromatic heterocycles. The Labute approximate surface area is 117 Å². The van der Waals surface area contributed by atoms with E-state index in [4.69, 9.17) is 5.73 Å². The molecule has 0 spiro atoms. The average Bonchev–Trinajstić information content (AvgIpc) is 2.62. The van der Waals surface area contributed by atoms with Crippen LogP contribution in [-0.2, 0) is 7.05 Å². The first-order valence-electron chi connectivity index (χ1n) is 7.43. The van der Waals surface area contributed by atoms with Crippen molar-refractivity contribution >= 4 is 0 Å². The van der Waals surface area contributed by atoms with Gasteiger partial charge in [-0.2, -0.15) is 5.10 Å². The van der Waals surface area contributed by atoms with Gasteiger partial charge in [0.25, 0.3) is 0 Å². The highest BCUT2D eigenvalue weighted by Crippen LogP contribution is 2.33. The minimum absolute atomic E-state index is 0.407. The predicted octanol–water partition coefficient (Wildman–Crippen LogP) is 2.16. The highest BCUT2D eigenvalue weighted by molar-refractivity contribution is 5.28. The summed E-state index contributed by atoms with van der Waals surface area (Å²) >= 11 is 0. The lowest BCUT2D eigenvalue weighted by atomic mass is 9.88. The van der Waals surface area contributed by atoms with E-state index in [2.05, 4.69) is 37.7 Å². The highest BCUT2D eigenvalue weighted by Gasteiger charge is 2.32. The van der Waals surface area contributed by atoms with E-state index in [9.17, 15) is 0 Å². The Morgan fingerprint density at radius 1 is 1.42 bits per heavy atom. The van der Waals surface area contributed by atoms with Gasteiger partial charge in [-0.25, -0.2) is 0 Å². The molecule has 4 heteroatoms. The Morgan fingerprint density at radius 3 is 2.63 bits per heavy atom. The van der Waals surface area contributed by atoms with Crippen molar-refractivity contribution in [2.45, 2.75) is 52.6 Å². The van der Waals surface area contributed by atoms with E-state index in [0.717, 1.165) is 18.8 Å². The molecule has 4 nitrogen and oxygen atoms in total. The molecular formula is C15H28N4. The molecule has 0 radical (unpaired) electrons. The van der Waals surface area contributed by atoms with Gasteiger partial charge in [-0.3, -0.25) is 9.58 Å². The fraction of sp³-hybridized carbons (Fsp3) is 0.800. The number of hydrogen-bond acceptors (Lipinski definition) is 3. The van der Waals surface area contributed by atoms with E-state index in [1.165, 1.54) is 24.1 Å². The number of nitrogens with two attached hydrogens (primary N) is 1. The van der Waals surface area contributed by atoms with Crippen LogP contribution in [0, 0.1) is 19.8 Å². The van der Waals surface area contributed by atoms with Gasteiger partial charge in [0, 0.05) is 36.9 Å². The molecule has 1 fully saturated rings. The van der Waals surface area contributed by atoms with E-state index in [-0.39, 0.29) is 0 Å². The van der Waals surface area contributed by atoms with Crippen LogP contribution in [0.15, 0.2) is 0 Å². The molecule has 2 heterocycles. The lowest BCUT2D eigenvalue weighted by molar-refractivity contribution is 0.0684. The van der Waals surface area contributed by atoms with Crippen LogP contribution in [0.3, 0.4) is 0 Å². The number of piperidine rings is 1. The van der Waals surface area contributed by atoms with E-state index < -0.39 is 0 Å². The van der Waals surface area contributed by atoms with Crippen LogP contribution >= 0.6 is 0 Å². The minimum Gasteiger partial charge on any atom is -0.329 e. The second-order valence-electron chi connectivity index (χ2n) is 6.04. The standard InChI is InChI=1S/C15H28N4/c1-10-7-6-8-19(14(10)9-16)13(4)15-11(2)17-18(5)12(15)3/h10,13-14H,6-9,16H2,1-5H3. The van der Waals surface area contributed by atoms with Gasteiger partial charge in [0.1, 0.15) is 0 Å². The van der Waals surface area contributed by atoms with Crippen LogP contribution in [0.4, 0.5) is 0 Å². The number of hydrogen-bond donors (Lipinski definition) is 1. The molecule has 0 aromatic carbocycles. The van der Waals surface area contributed by atoms with Gasteiger partial charge in [-0.05, 0) is 46.1 Å². The van der Waals surface area contributed by atoms with Crippen molar-refractivity contribution in [2.75, 3.05) is 13.1 Å². The maximum absolute atomic E-state index is 6.02. The molecule has 19 heavy (non-hydrogen) atoms. The monoisotopic (exact) mass is 264 g/mol. The quantitative estimate of drug-likeness (QED) is 0.910. The summed E-state index contributed by atoms with van der Waals surface area (Å²) in [5.41, 5.74) is 9.83. The first-order chi connectivity index (χ1) is 8.97. The maximum atomic E-state index is 6.02. The number of rotatable bonds is 3. The van der Waals surface area contributed by atoms with Crippen molar-refractivity contribution in [3.8, 4) is 0 Å². The van der Waals surface area contributed by atoms with Crippen molar-refractivity contribution in [1.82, 2.24) is 14.7 Å². The van der Waals surface area contributed by atoms with Gasteiger partial charge >= 0.3 is 0 Å². The van der Waals surface area contributed by atoms with Gasteiger partial charge in [-0.1, -0.05) is 6.92 Å². The van der Waals surface area contributed by atoms with Crippen LogP contribution in [-0.4, -0.2) is 33.8 Å². The van der Waals surface area contributed by atoms with E-state index in [1.54, 1.807) is 0 Å². The molecule has 3 atom stereocenters. The van der Waals surface area contributed by atoms with E-state index in [0.29, 0.717) is 18.0 Å². The summed E-state index contributed by atoms with van der Waals surface area (Å²) < 4.78 is 1.99. The third-order valence-electron chi connectivity index (χ3n) is 4.88. The third-order valence-corrected chi connectivity index (χ3v) is 4.88. The van der Waals surface area contributed by atoms with Gasteiger partial charge in [0.2, 0.25) is 0 Å². The van der Waals surface area contributed by atoms with Crippen molar-refractivity contribution in [3.05, 3.63) is 17.0 Å². The van der Waals surface area contributed by atoms with Crippen molar-refractivity contribution < 1.29 is 0 Å². The topological polar surface area (TPSA) is 47.1 Å². The summed E-state index contributed by atoms with van der Waals surface area (Å²) in [5, 5.41) is 4.56. The zero-order chi connectivity index (χ0) is 14.2. The van der Waals surface area contributed by atoms with E-state index in [1.807, 2.05) is 11.7 Å². The second kappa shape index (κ2) is 5.63. The minimum atomic E-state index is 0.407. The fourth-order valence-corrected chi connectivity index (χ4v) is 3.69. The number of likely N-dealkylation sites (tertiary alicyclic amines) is 1. The Kier molecular flexibility index (Phi) is 4.31. The molecule has 2 rings (SSSR count). The van der Waals surface area contributed by atoms with Gasteiger partial charge < -0.3 is 5.73 Å². The molecule has 3 unspecified atom stereocenters. The van der Waals surface area contributed by atoms with Crippen molar-refractivity contribution in [1.29, 1.82) is 0 Å². The maximum Gasteiger partial charge on any atom is 0.0644 e. The van der Waals surface area contributed by atoms with Crippen LogP contribution < -0.4 is 5.73 Å². The van der Waals surface area contributed by atoms with Crippen LogP contribution in [0.2, 0.25) is 0 Å². The van der Waals surface area contributed by atoms with E-state index >= 15 is 0 Å². The molecule has 0 saturated carbocycles. The average molecular weight is 264 g/mol. The zero-order valence-corrected chi connectivity index (χ0v) is 13.0. The first kappa shape index (κ1) is 14.5. The number of nitrogens with zero attached hydrogens (tertiary/aromatic N) is 3. The summed E-state index contributed by atoms with van der Waals surface area (Å²) in [6.07, 6.45) is 2.58. The van der Waals surface area contributed by atoms with Gasteiger partial charge in [0.15, 0.2) is 0 Å². The molecule has 1 aliphatic heterocycles. The highest BCUT2D eigenvalue weighted by atomic mass is 15.3. The fourth-order valence-electron chi connectivity index (χ4n) is 3.69. The third kappa shape index (κ3) is 2.56. The van der Waals surface area contributed by atoms with Crippen LogP contribution in [0.5, 0.6) is 0 Å². The molecule has 0 bridgehead atoms. The van der Waals surface area contributed by atoms with Crippen molar-refractivity contribution in [3.63, 3.8) is 0 Å². The van der Waals surface area contributed by atoms with Crippen molar-refractivity contribution in [2.24, 2.45) is 18.7 Å². The molecule has 1 aliphatic rings. The number of aryl methyl sites for hydroxylation is 2. The molecule has 108 valence electrons.